The Morgan fingerprint density at radius 2 is 2.17 bits per heavy atom. The maximum absolute atomic E-state index is 5.31. The SMILES string of the molecule is C[C@H]1Cc2ccccc2N1CCCNC(=S)Nc1cccnc1. The average molecular weight is 326 g/mol. The standard InChI is InChI=1S/C18H22N4S/c1-14-12-15-6-2-3-8-17(15)22(14)11-5-10-20-18(23)21-16-7-4-9-19-13-16/h2-4,6-9,13-14H,5,10-12H2,1H3,(H2,20,21,23)/t14-/m0/s1. The van der Waals surface area contributed by atoms with Crippen LogP contribution in [-0.2, 0) is 6.42 Å². The van der Waals surface area contributed by atoms with Crippen molar-refractivity contribution in [2.24, 2.45) is 0 Å². The Morgan fingerprint density at radius 3 is 3.00 bits per heavy atom. The summed E-state index contributed by atoms with van der Waals surface area (Å²) in [6, 6.07) is 13.1. The number of benzene rings is 1. The van der Waals surface area contributed by atoms with E-state index in [1.807, 2.05) is 12.1 Å². The molecule has 1 atom stereocenters. The maximum atomic E-state index is 5.31. The summed E-state index contributed by atoms with van der Waals surface area (Å²) in [6.07, 6.45) is 5.70. The molecule has 4 nitrogen and oxygen atoms in total. The van der Waals surface area contributed by atoms with E-state index in [-0.39, 0.29) is 0 Å². The van der Waals surface area contributed by atoms with Gasteiger partial charge in [0.25, 0.3) is 0 Å². The molecular weight excluding hydrogens is 304 g/mol. The molecule has 0 amide bonds. The van der Waals surface area contributed by atoms with Crippen LogP contribution in [0.1, 0.15) is 18.9 Å². The summed E-state index contributed by atoms with van der Waals surface area (Å²) in [5.74, 6) is 0. The lowest BCUT2D eigenvalue weighted by atomic mass is 10.1. The van der Waals surface area contributed by atoms with Crippen molar-refractivity contribution in [3.8, 4) is 0 Å². The molecule has 0 fully saturated rings. The van der Waals surface area contributed by atoms with Gasteiger partial charge < -0.3 is 15.5 Å². The van der Waals surface area contributed by atoms with Crippen LogP contribution in [0.25, 0.3) is 0 Å². The number of nitrogens with one attached hydrogen (secondary N) is 2. The zero-order valence-electron chi connectivity index (χ0n) is 13.3. The molecular formula is C18H22N4S. The third-order valence-electron chi connectivity index (χ3n) is 4.13. The predicted octanol–water partition coefficient (Wildman–Crippen LogP) is 3.21. The second kappa shape index (κ2) is 7.42. The van der Waals surface area contributed by atoms with Gasteiger partial charge in [0.15, 0.2) is 5.11 Å². The number of fused-ring (bicyclic) bond motifs is 1. The lowest BCUT2D eigenvalue weighted by molar-refractivity contribution is 0.641. The molecule has 5 heteroatoms. The smallest absolute Gasteiger partial charge is 0.170 e. The van der Waals surface area contributed by atoms with Crippen molar-refractivity contribution in [3.63, 3.8) is 0 Å². The summed E-state index contributed by atoms with van der Waals surface area (Å²) in [6.45, 7) is 4.19. The fourth-order valence-corrected chi connectivity index (χ4v) is 3.25. The largest absolute Gasteiger partial charge is 0.368 e. The Balaban J connectivity index is 1.43. The van der Waals surface area contributed by atoms with E-state index in [2.05, 4.69) is 51.7 Å². The molecule has 1 aliphatic rings. The molecule has 2 aromatic rings. The number of rotatable bonds is 5. The van der Waals surface area contributed by atoms with Crippen molar-refractivity contribution in [2.75, 3.05) is 23.3 Å². The van der Waals surface area contributed by atoms with Crippen LogP contribution in [0.2, 0.25) is 0 Å². The molecule has 0 unspecified atom stereocenters. The molecule has 120 valence electrons. The number of pyridine rings is 1. The molecule has 0 saturated carbocycles. The fraction of sp³-hybridized carbons (Fsp3) is 0.333. The van der Waals surface area contributed by atoms with Crippen molar-refractivity contribution < 1.29 is 0 Å². The van der Waals surface area contributed by atoms with E-state index in [0.29, 0.717) is 11.2 Å². The van der Waals surface area contributed by atoms with Crippen molar-refractivity contribution >= 4 is 28.7 Å². The van der Waals surface area contributed by atoms with E-state index in [0.717, 1.165) is 31.6 Å². The summed E-state index contributed by atoms with van der Waals surface area (Å²) >= 11 is 5.31. The highest BCUT2D eigenvalue weighted by Gasteiger charge is 2.24. The van der Waals surface area contributed by atoms with Gasteiger partial charge in [-0.15, -0.1) is 0 Å². The van der Waals surface area contributed by atoms with Crippen LogP contribution < -0.4 is 15.5 Å². The predicted molar refractivity (Wildman–Crippen MR) is 100 cm³/mol. The number of hydrogen-bond acceptors (Lipinski definition) is 3. The molecule has 0 aliphatic carbocycles. The van der Waals surface area contributed by atoms with Gasteiger partial charge in [0, 0.05) is 31.0 Å². The van der Waals surface area contributed by atoms with E-state index in [9.17, 15) is 0 Å². The third kappa shape index (κ3) is 3.99. The molecule has 1 aromatic heterocycles. The van der Waals surface area contributed by atoms with Crippen molar-refractivity contribution in [2.45, 2.75) is 25.8 Å². The zero-order valence-corrected chi connectivity index (χ0v) is 14.1. The Hall–Kier alpha value is -2.14. The van der Waals surface area contributed by atoms with Gasteiger partial charge in [-0.05, 0) is 55.7 Å². The molecule has 1 aromatic carbocycles. The van der Waals surface area contributed by atoms with E-state index in [1.54, 1.807) is 12.4 Å². The molecule has 1 aliphatic heterocycles. The molecule has 0 radical (unpaired) electrons. The van der Waals surface area contributed by atoms with E-state index < -0.39 is 0 Å². The van der Waals surface area contributed by atoms with Gasteiger partial charge in [0.1, 0.15) is 0 Å². The normalized spacial score (nSPS) is 16.0. The second-order valence-corrected chi connectivity index (χ2v) is 6.26. The third-order valence-corrected chi connectivity index (χ3v) is 4.38. The van der Waals surface area contributed by atoms with Crippen molar-refractivity contribution in [1.29, 1.82) is 0 Å². The monoisotopic (exact) mass is 326 g/mol. The summed E-state index contributed by atoms with van der Waals surface area (Å²) in [5, 5.41) is 7.04. The molecule has 0 spiro atoms. The highest BCUT2D eigenvalue weighted by molar-refractivity contribution is 7.80. The van der Waals surface area contributed by atoms with Gasteiger partial charge in [0.05, 0.1) is 11.9 Å². The lowest BCUT2D eigenvalue weighted by Crippen LogP contribution is -2.34. The highest BCUT2D eigenvalue weighted by atomic mass is 32.1. The van der Waals surface area contributed by atoms with E-state index in [1.165, 1.54) is 11.3 Å². The molecule has 2 heterocycles. The van der Waals surface area contributed by atoms with E-state index in [4.69, 9.17) is 12.2 Å². The summed E-state index contributed by atoms with van der Waals surface area (Å²) in [7, 11) is 0. The lowest BCUT2D eigenvalue weighted by Gasteiger charge is -2.25. The van der Waals surface area contributed by atoms with Crippen LogP contribution in [-0.4, -0.2) is 29.2 Å². The number of aromatic nitrogens is 1. The first-order chi connectivity index (χ1) is 11.2. The molecule has 23 heavy (non-hydrogen) atoms. The van der Waals surface area contributed by atoms with Gasteiger partial charge in [-0.3, -0.25) is 4.98 Å². The maximum Gasteiger partial charge on any atom is 0.170 e. The van der Waals surface area contributed by atoms with Crippen LogP contribution in [0.4, 0.5) is 11.4 Å². The number of para-hydroxylation sites is 1. The van der Waals surface area contributed by atoms with Crippen molar-refractivity contribution in [1.82, 2.24) is 10.3 Å². The van der Waals surface area contributed by atoms with Gasteiger partial charge in [-0.2, -0.15) is 0 Å². The number of thiocarbonyl (C=S) groups is 1. The van der Waals surface area contributed by atoms with Gasteiger partial charge in [-0.1, -0.05) is 18.2 Å². The minimum Gasteiger partial charge on any atom is -0.368 e. The van der Waals surface area contributed by atoms with Crippen LogP contribution >= 0.6 is 12.2 Å². The number of hydrogen-bond donors (Lipinski definition) is 2. The van der Waals surface area contributed by atoms with Crippen LogP contribution in [0.3, 0.4) is 0 Å². The second-order valence-electron chi connectivity index (χ2n) is 5.85. The van der Waals surface area contributed by atoms with E-state index >= 15 is 0 Å². The Kier molecular flexibility index (Phi) is 5.08. The molecule has 2 N–H and O–H groups in total. The first-order valence-electron chi connectivity index (χ1n) is 8.03. The molecule has 0 bridgehead atoms. The Morgan fingerprint density at radius 1 is 1.30 bits per heavy atom. The minimum atomic E-state index is 0.577. The summed E-state index contributed by atoms with van der Waals surface area (Å²) < 4.78 is 0. The van der Waals surface area contributed by atoms with Crippen LogP contribution in [0, 0.1) is 0 Å². The Labute approximate surface area is 142 Å². The minimum absolute atomic E-state index is 0.577. The topological polar surface area (TPSA) is 40.2 Å². The number of nitrogens with zero attached hydrogens (tertiary/aromatic N) is 2. The first kappa shape index (κ1) is 15.7. The van der Waals surface area contributed by atoms with Crippen molar-refractivity contribution in [3.05, 3.63) is 54.4 Å². The summed E-state index contributed by atoms with van der Waals surface area (Å²) in [4.78, 5) is 6.55. The van der Waals surface area contributed by atoms with Crippen LogP contribution in [0.5, 0.6) is 0 Å². The zero-order chi connectivity index (χ0) is 16.1. The highest BCUT2D eigenvalue weighted by Crippen LogP contribution is 2.31. The molecule has 0 saturated heterocycles. The Bertz CT molecular complexity index is 659. The fourth-order valence-electron chi connectivity index (χ4n) is 3.03. The van der Waals surface area contributed by atoms with Gasteiger partial charge in [0.2, 0.25) is 0 Å². The van der Waals surface area contributed by atoms with Gasteiger partial charge >= 0.3 is 0 Å². The quantitative estimate of drug-likeness (QED) is 0.652. The first-order valence-corrected chi connectivity index (χ1v) is 8.44. The summed E-state index contributed by atoms with van der Waals surface area (Å²) in [5.41, 5.74) is 3.75. The number of anilines is 2. The average Bonchev–Trinajstić information content (AvgIpc) is 2.88. The van der Waals surface area contributed by atoms with Crippen LogP contribution in [0.15, 0.2) is 48.8 Å². The van der Waals surface area contributed by atoms with Gasteiger partial charge in [-0.25, -0.2) is 0 Å². The molecule has 3 rings (SSSR count).